The molecule has 0 amide bonds. The van der Waals surface area contributed by atoms with Crippen molar-refractivity contribution in [3.63, 3.8) is 0 Å². The topological polar surface area (TPSA) is 15.7 Å². The molecule has 3 aromatic carbocycles. The molecule has 30 heavy (non-hydrogen) atoms. The van der Waals surface area contributed by atoms with E-state index in [2.05, 4.69) is 9.80 Å². The summed E-state index contributed by atoms with van der Waals surface area (Å²) >= 11 is 5.73. The van der Waals surface area contributed by atoms with Gasteiger partial charge in [0.15, 0.2) is 0 Å². The number of ether oxygens (including phenoxy) is 1. The van der Waals surface area contributed by atoms with Gasteiger partial charge in [0.1, 0.15) is 29.0 Å². The maximum absolute atomic E-state index is 13.1. The molecule has 1 aliphatic heterocycles. The van der Waals surface area contributed by atoms with E-state index in [-0.39, 0.29) is 11.6 Å². The molecule has 0 saturated carbocycles. The van der Waals surface area contributed by atoms with Gasteiger partial charge in [-0.3, -0.25) is 0 Å². The van der Waals surface area contributed by atoms with Crippen LogP contribution in [0.25, 0.3) is 0 Å². The Morgan fingerprint density at radius 1 is 0.833 bits per heavy atom. The molecule has 1 saturated heterocycles. The van der Waals surface area contributed by atoms with Crippen molar-refractivity contribution in [3.8, 4) is 5.75 Å². The van der Waals surface area contributed by atoms with Crippen molar-refractivity contribution < 1.29 is 13.5 Å². The van der Waals surface area contributed by atoms with Crippen molar-refractivity contribution in [1.29, 1.82) is 0 Å². The van der Waals surface area contributed by atoms with Crippen LogP contribution in [0.3, 0.4) is 0 Å². The lowest BCUT2D eigenvalue weighted by atomic mass is 10.1. The maximum Gasteiger partial charge on any atom is 0.123 e. The number of hydrogen-bond donors (Lipinski definition) is 0. The molecule has 0 bridgehead atoms. The minimum atomic E-state index is -0.259. The van der Waals surface area contributed by atoms with Crippen molar-refractivity contribution in [1.82, 2.24) is 4.90 Å². The summed E-state index contributed by atoms with van der Waals surface area (Å²) in [5.74, 6) is 0.245. The molecule has 4 rings (SSSR count). The van der Waals surface area contributed by atoms with Crippen LogP contribution in [0.2, 0.25) is 0 Å². The van der Waals surface area contributed by atoms with Gasteiger partial charge in [0, 0.05) is 37.4 Å². The van der Waals surface area contributed by atoms with Crippen LogP contribution >= 0.6 is 12.2 Å². The lowest BCUT2D eigenvalue weighted by Gasteiger charge is -2.37. The van der Waals surface area contributed by atoms with Gasteiger partial charge in [-0.25, -0.2) is 8.78 Å². The van der Waals surface area contributed by atoms with Gasteiger partial charge < -0.3 is 14.5 Å². The summed E-state index contributed by atoms with van der Waals surface area (Å²) in [6.45, 7) is 3.62. The summed E-state index contributed by atoms with van der Waals surface area (Å²) in [6, 6.07) is 20.6. The van der Waals surface area contributed by atoms with Crippen molar-refractivity contribution in [2.75, 3.05) is 31.1 Å². The van der Waals surface area contributed by atoms with Crippen LogP contribution in [0.5, 0.6) is 5.75 Å². The SMILES string of the molecule is Fc1ccc(COc2cccc(C(=S)N3CCN(c4ccc(F)cc4)CC3)c2)cc1. The average Bonchev–Trinajstić information content (AvgIpc) is 2.79. The maximum atomic E-state index is 13.1. The molecule has 0 aliphatic carbocycles. The number of anilines is 1. The molecule has 1 aliphatic rings. The third-order valence-corrected chi connectivity index (χ3v) is 5.65. The summed E-state index contributed by atoms with van der Waals surface area (Å²) in [5, 5.41) is 0. The largest absolute Gasteiger partial charge is 0.489 e. The van der Waals surface area contributed by atoms with Crippen molar-refractivity contribution in [2.24, 2.45) is 0 Å². The van der Waals surface area contributed by atoms with E-state index in [0.717, 1.165) is 53.7 Å². The predicted octanol–water partition coefficient (Wildman–Crippen LogP) is 5.04. The number of hydrogen-bond acceptors (Lipinski definition) is 3. The van der Waals surface area contributed by atoms with Gasteiger partial charge in [-0.1, -0.05) is 36.5 Å². The molecule has 3 nitrogen and oxygen atoms in total. The highest BCUT2D eigenvalue weighted by Crippen LogP contribution is 2.21. The Morgan fingerprint density at radius 3 is 2.13 bits per heavy atom. The molecule has 0 unspecified atom stereocenters. The molecular formula is C24H22F2N2OS. The van der Waals surface area contributed by atoms with E-state index in [4.69, 9.17) is 17.0 Å². The third kappa shape index (κ3) is 4.94. The first-order chi connectivity index (χ1) is 14.6. The second kappa shape index (κ2) is 9.22. The third-order valence-electron chi connectivity index (χ3n) is 5.16. The normalized spacial score (nSPS) is 13.9. The van der Waals surface area contributed by atoms with E-state index in [9.17, 15) is 8.78 Å². The summed E-state index contributed by atoms with van der Waals surface area (Å²) < 4.78 is 32.0. The first kappa shape index (κ1) is 20.3. The van der Waals surface area contributed by atoms with Gasteiger partial charge in [-0.15, -0.1) is 0 Å². The number of rotatable bonds is 5. The first-order valence-electron chi connectivity index (χ1n) is 9.85. The highest BCUT2D eigenvalue weighted by atomic mass is 32.1. The van der Waals surface area contributed by atoms with E-state index in [1.54, 1.807) is 12.1 Å². The molecule has 0 N–H and O–H groups in total. The highest BCUT2D eigenvalue weighted by molar-refractivity contribution is 7.80. The molecule has 154 valence electrons. The van der Waals surface area contributed by atoms with Gasteiger partial charge in [0.2, 0.25) is 0 Å². The van der Waals surface area contributed by atoms with Crippen LogP contribution in [0.4, 0.5) is 14.5 Å². The Balaban J connectivity index is 1.35. The van der Waals surface area contributed by atoms with E-state index in [0.29, 0.717) is 6.61 Å². The lowest BCUT2D eigenvalue weighted by Crippen LogP contribution is -2.48. The predicted molar refractivity (Wildman–Crippen MR) is 119 cm³/mol. The Labute approximate surface area is 180 Å². The summed E-state index contributed by atoms with van der Waals surface area (Å²) in [4.78, 5) is 5.22. The number of halogens is 2. The van der Waals surface area contributed by atoms with Gasteiger partial charge in [0.05, 0.1) is 0 Å². The van der Waals surface area contributed by atoms with E-state index in [1.807, 2.05) is 36.4 Å². The Hall–Kier alpha value is -2.99. The fraction of sp³-hybridized carbons (Fsp3) is 0.208. The van der Waals surface area contributed by atoms with E-state index < -0.39 is 0 Å². The van der Waals surface area contributed by atoms with E-state index in [1.165, 1.54) is 24.3 Å². The molecule has 0 aromatic heterocycles. The molecule has 1 heterocycles. The zero-order chi connectivity index (χ0) is 20.9. The van der Waals surface area contributed by atoms with Crippen LogP contribution in [-0.4, -0.2) is 36.1 Å². The Bertz CT molecular complexity index is 1000. The van der Waals surface area contributed by atoms with Gasteiger partial charge in [-0.05, 0) is 54.1 Å². The van der Waals surface area contributed by atoms with Gasteiger partial charge >= 0.3 is 0 Å². The summed E-state index contributed by atoms with van der Waals surface area (Å²) in [6.07, 6.45) is 0. The minimum absolute atomic E-state index is 0.222. The first-order valence-corrected chi connectivity index (χ1v) is 10.3. The fourth-order valence-corrected chi connectivity index (χ4v) is 3.78. The number of piperazine rings is 1. The van der Waals surface area contributed by atoms with Crippen molar-refractivity contribution >= 4 is 22.9 Å². The van der Waals surface area contributed by atoms with Crippen molar-refractivity contribution in [3.05, 3.63) is 95.6 Å². The standard InChI is InChI=1S/C24H22F2N2OS/c25-20-6-4-18(5-7-20)17-29-23-3-1-2-19(16-23)24(30)28-14-12-27(13-15-28)22-10-8-21(26)9-11-22/h1-11,16H,12-15,17H2. The fourth-order valence-electron chi connectivity index (χ4n) is 3.47. The van der Waals surface area contributed by atoms with Gasteiger partial charge in [0.25, 0.3) is 0 Å². The average molecular weight is 425 g/mol. The summed E-state index contributed by atoms with van der Waals surface area (Å²) in [5.41, 5.74) is 2.87. The number of thiocarbonyl (C=S) groups is 1. The zero-order valence-electron chi connectivity index (χ0n) is 16.4. The molecule has 0 radical (unpaired) electrons. The zero-order valence-corrected chi connectivity index (χ0v) is 17.2. The molecule has 1 fully saturated rings. The number of nitrogens with zero attached hydrogens (tertiary/aromatic N) is 2. The second-order valence-electron chi connectivity index (χ2n) is 7.20. The Kier molecular flexibility index (Phi) is 6.23. The van der Waals surface area contributed by atoms with Gasteiger partial charge in [-0.2, -0.15) is 0 Å². The van der Waals surface area contributed by atoms with Crippen LogP contribution in [0, 0.1) is 11.6 Å². The second-order valence-corrected chi connectivity index (χ2v) is 7.59. The smallest absolute Gasteiger partial charge is 0.123 e. The highest BCUT2D eigenvalue weighted by Gasteiger charge is 2.20. The Morgan fingerprint density at radius 2 is 1.47 bits per heavy atom. The lowest BCUT2D eigenvalue weighted by molar-refractivity contribution is 0.306. The van der Waals surface area contributed by atoms with Crippen LogP contribution in [0.15, 0.2) is 72.8 Å². The monoisotopic (exact) mass is 424 g/mol. The summed E-state index contributed by atoms with van der Waals surface area (Å²) in [7, 11) is 0. The molecule has 0 atom stereocenters. The quantitative estimate of drug-likeness (QED) is 0.533. The number of benzene rings is 3. The van der Waals surface area contributed by atoms with Crippen LogP contribution in [0.1, 0.15) is 11.1 Å². The van der Waals surface area contributed by atoms with Crippen LogP contribution < -0.4 is 9.64 Å². The van der Waals surface area contributed by atoms with Crippen LogP contribution in [-0.2, 0) is 6.61 Å². The van der Waals surface area contributed by atoms with Crippen molar-refractivity contribution in [2.45, 2.75) is 6.61 Å². The minimum Gasteiger partial charge on any atom is -0.489 e. The molecule has 0 spiro atoms. The molecule has 6 heteroatoms. The van der Waals surface area contributed by atoms with E-state index >= 15 is 0 Å². The molecule has 3 aromatic rings. The molecular weight excluding hydrogens is 402 g/mol.